The summed E-state index contributed by atoms with van der Waals surface area (Å²) in [5.41, 5.74) is 3.68. The van der Waals surface area contributed by atoms with Crippen LogP contribution >= 0.6 is 11.8 Å². The summed E-state index contributed by atoms with van der Waals surface area (Å²) in [6.07, 6.45) is 3.13. The number of fused-ring (bicyclic) bond motifs is 1. The Morgan fingerprint density at radius 1 is 1.12 bits per heavy atom. The van der Waals surface area contributed by atoms with Crippen molar-refractivity contribution in [2.75, 3.05) is 0 Å². The lowest BCUT2D eigenvalue weighted by Crippen LogP contribution is -1.91. The number of pyridine rings is 1. The van der Waals surface area contributed by atoms with Gasteiger partial charge in [-0.15, -0.1) is 0 Å². The number of aliphatic hydroxyl groups is 1. The highest BCUT2D eigenvalue weighted by Crippen LogP contribution is 2.38. The van der Waals surface area contributed by atoms with E-state index in [4.69, 9.17) is 0 Å². The molecule has 0 aliphatic heterocycles. The highest BCUT2D eigenvalue weighted by atomic mass is 32.2. The van der Waals surface area contributed by atoms with Crippen molar-refractivity contribution in [1.29, 1.82) is 0 Å². The fourth-order valence-electron chi connectivity index (χ4n) is 2.97. The van der Waals surface area contributed by atoms with Crippen LogP contribution in [-0.4, -0.2) is 15.1 Å². The van der Waals surface area contributed by atoms with Gasteiger partial charge in [0.25, 0.3) is 0 Å². The Kier molecular flexibility index (Phi) is 4.49. The molecule has 4 aromatic rings. The summed E-state index contributed by atoms with van der Waals surface area (Å²) in [5.74, 6) is -0.252. The maximum absolute atomic E-state index is 13.5. The molecule has 130 valence electrons. The molecule has 2 N–H and O–H groups in total. The summed E-state index contributed by atoms with van der Waals surface area (Å²) in [7, 11) is 0. The number of hydrogen-bond donors (Lipinski definition) is 2. The quantitative estimate of drug-likeness (QED) is 0.497. The second-order valence-corrected chi connectivity index (χ2v) is 7.21. The Morgan fingerprint density at radius 3 is 2.77 bits per heavy atom. The molecule has 0 amide bonds. The number of nitrogens with zero attached hydrogens (tertiary/aromatic N) is 1. The topological polar surface area (TPSA) is 48.9 Å². The molecule has 0 saturated carbocycles. The van der Waals surface area contributed by atoms with Crippen molar-refractivity contribution in [3.63, 3.8) is 0 Å². The standard InChI is InChI=1S/C21H17FN2OS/c1-13(25)14-4-2-5-15(10-14)18-8-9-23-21-20(18)19(12-24-21)26-17-7-3-6-16(22)11-17/h2-13,25H,1H3,(H,23,24). The molecule has 5 heteroatoms. The Hall–Kier alpha value is -2.63. The molecule has 1 atom stereocenters. The molecule has 0 aliphatic carbocycles. The first kappa shape index (κ1) is 16.8. The first-order chi connectivity index (χ1) is 12.6. The van der Waals surface area contributed by atoms with Crippen LogP contribution in [0.1, 0.15) is 18.6 Å². The lowest BCUT2D eigenvalue weighted by molar-refractivity contribution is 0.199. The van der Waals surface area contributed by atoms with Gasteiger partial charge in [-0.2, -0.15) is 0 Å². The molecule has 0 spiro atoms. The van der Waals surface area contributed by atoms with Gasteiger partial charge in [-0.1, -0.05) is 36.0 Å². The third kappa shape index (κ3) is 3.23. The number of aromatic nitrogens is 2. The van der Waals surface area contributed by atoms with E-state index < -0.39 is 6.10 Å². The van der Waals surface area contributed by atoms with Gasteiger partial charge in [0.05, 0.1) is 6.10 Å². The highest BCUT2D eigenvalue weighted by molar-refractivity contribution is 7.99. The summed E-state index contributed by atoms with van der Waals surface area (Å²) in [6, 6.07) is 16.4. The second-order valence-electron chi connectivity index (χ2n) is 6.10. The third-order valence-electron chi connectivity index (χ3n) is 4.24. The maximum Gasteiger partial charge on any atom is 0.139 e. The molecule has 0 aliphatic rings. The van der Waals surface area contributed by atoms with Crippen molar-refractivity contribution < 1.29 is 9.50 Å². The summed E-state index contributed by atoms with van der Waals surface area (Å²) < 4.78 is 13.5. The van der Waals surface area contributed by atoms with Gasteiger partial charge in [-0.25, -0.2) is 9.37 Å². The SMILES string of the molecule is CC(O)c1cccc(-c2ccnc3[nH]cc(Sc4cccc(F)c4)c23)c1. The third-order valence-corrected chi connectivity index (χ3v) is 5.27. The predicted octanol–water partition coefficient (Wildman–Crippen LogP) is 5.57. The van der Waals surface area contributed by atoms with E-state index in [1.165, 1.54) is 23.9 Å². The van der Waals surface area contributed by atoms with Crippen LogP contribution in [0, 0.1) is 5.82 Å². The largest absolute Gasteiger partial charge is 0.389 e. The molecule has 4 rings (SSSR count). The summed E-state index contributed by atoms with van der Waals surface area (Å²) in [5, 5.41) is 10.9. The fourth-order valence-corrected chi connectivity index (χ4v) is 3.97. The normalized spacial score (nSPS) is 12.4. The number of nitrogens with one attached hydrogen (secondary N) is 1. The van der Waals surface area contributed by atoms with E-state index in [-0.39, 0.29) is 5.82 Å². The lowest BCUT2D eigenvalue weighted by atomic mass is 10.00. The maximum atomic E-state index is 13.5. The van der Waals surface area contributed by atoms with Gasteiger partial charge in [0, 0.05) is 27.6 Å². The van der Waals surface area contributed by atoms with Crippen molar-refractivity contribution in [1.82, 2.24) is 9.97 Å². The van der Waals surface area contributed by atoms with Gasteiger partial charge >= 0.3 is 0 Å². The van der Waals surface area contributed by atoms with E-state index in [9.17, 15) is 9.50 Å². The van der Waals surface area contributed by atoms with Gasteiger partial charge in [0.2, 0.25) is 0 Å². The number of hydrogen-bond acceptors (Lipinski definition) is 3. The minimum Gasteiger partial charge on any atom is -0.389 e. The predicted molar refractivity (Wildman–Crippen MR) is 103 cm³/mol. The molecule has 1 unspecified atom stereocenters. The minimum atomic E-state index is -0.528. The van der Waals surface area contributed by atoms with Gasteiger partial charge in [0.15, 0.2) is 0 Å². The van der Waals surface area contributed by atoms with Crippen molar-refractivity contribution in [2.24, 2.45) is 0 Å². The Balaban J connectivity index is 1.83. The number of aromatic amines is 1. The molecule has 26 heavy (non-hydrogen) atoms. The summed E-state index contributed by atoms with van der Waals surface area (Å²) in [4.78, 5) is 9.42. The summed E-state index contributed by atoms with van der Waals surface area (Å²) in [6.45, 7) is 1.75. The van der Waals surface area contributed by atoms with E-state index in [0.717, 1.165) is 37.5 Å². The van der Waals surface area contributed by atoms with Crippen molar-refractivity contribution in [3.05, 3.63) is 78.4 Å². The van der Waals surface area contributed by atoms with Crippen LogP contribution in [0.5, 0.6) is 0 Å². The zero-order valence-corrected chi connectivity index (χ0v) is 14.9. The number of benzene rings is 2. The molecular formula is C21H17FN2OS. The Bertz CT molecular complexity index is 1070. The molecule has 0 saturated heterocycles. The van der Waals surface area contributed by atoms with Crippen molar-refractivity contribution in [2.45, 2.75) is 22.8 Å². The molecular weight excluding hydrogens is 347 g/mol. The van der Waals surface area contributed by atoms with Crippen LogP contribution in [0.2, 0.25) is 0 Å². The first-order valence-corrected chi connectivity index (χ1v) is 9.11. The molecule has 0 radical (unpaired) electrons. The fraction of sp³-hybridized carbons (Fsp3) is 0.0952. The zero-order chi connectivity index (χ0) is 18.1. The van der Waals surface area contributed by atoms with E-state index in [2.05, 4.69) is 9.97 Å². The van der Waals surface area contributed by atoms with Gasteiger partial charge in [-0.3, -0.25) is 0 Å². The lowest BCUT2D eigenvalue weighted by Gasteiger charge is -2.10. The first-order valence-electron chi connectivity index (χ1n) is 8.30. The second kappa shape index (κ2) is 6.94. The van der Waals surface area contributed by atoms with Crippen LogP contribution in [0.15, 0.2) is 76.8 Å². The minimum absolute atomic E-state index is 0.252. The van der Waals surface area contributed by atoms with E-state index in [0.29, 0.717) is 0 Å². The van der Waals surface area contributed by atoms with Crippen LogP contribution in [-0.2, 0) is 0 Å². The van der Waals surface area contributed by atoms with E-state index in [1.807, 2.05) is 42.6 Å². The van der Waals surface area contributed by atoms with Crippen molar-refractivity contribution >= 4 is 22.8 Å². The monoisotopic (exact) mass is 364 g/mol. The summed E-state index contributed by atoms with van der Waals surface area (Å²) >= 11 is 1.50. The molecule has 2 aromatic heterocycles. The number of H-pyrrole nitrogens is 1. The van der Waals surface area contributed by atoms with Gasteiger partial charge in [-0.05, 0) is 53.9 Å². The molecule has 2 aromatic carbocycles. The molecule has 0 fully saturated rings. The van der Waals surface area contributed by atoms with Crippen LogP contribution < -0.4 is 0 Å². The average molecular weight is 364 g/mol. The smallest absolute Gasteiger partial charge is 0.139 e. The van der Waals surface area contributed by atoms with Crippen LogP contribution in [0.4, 0.5) is 4.39 Å². The molecule has 0 bridgehead atoms. The number of halogens is 1. The highest BCUT2D eigenvalue weighted by Gasteiger charge is 2.13. The average Bonchev–Trinajstić information content (AvgIpc) is 3.05. The Morgan fingerprint density at radius 2 is 1.96 bits per heavy atom. The molecule has 3 nitrogen and oxygen atoms in total. The van der Waals surface area contributed by atoms with Gasteiger partial charge < -0.3 is 10.1 Å². The van der Waals surface area contributed by atoms with Gasteiger partial charge in [0.1, 0.15) is 11.5 Å². The van der Waals surface area contributed by atoms with Crippen LogP contribution in [0.3, 0.4) is 0 Å². The number of aliphatic hydroxyl groups excluding tert-OH is 1. The van der Waals surface area contributed by atoms with E-state index >= 15 is 0 Å². The Labute approximate surface area is 154 Å². The molecule has 2 heterocycles. The van der Waals surface area contributed by atoms with Crippen molar-refractivity contribution in [3.8, 4) is 11.1 Å². The van der Waals surface area contributed by atoms with Crippen LogP contribution in [0.25, 0.3) is 22.2 Å². The number of rotatable bonds is 4. The zero-order valence-electron chi connectivity index (χ0n) is 14.1. The van der Waals surface area contributed by atoms with E-state index in [1.54, 1.807) is 19.2 Å².